The fourth-order valence-corrected chi connectivity index (χ4v) is 5.68. The summed E-state index contributed by atoms with van der Waals surface area (Å²) in [5.74, 6) is -0.995. The minimum absolute atomic E-state index is 0.0874. The van der Waals surface area contributed by atoms with Crippen molar-refractivity contribution in [2.24, 2.45) is 5.92 Å². The number of ether oxygens (including phenoxy) is 2. The van der Waals surface area contributed by atoms with E-state index < -0.39 is 12.0 Å². The van der Waals surface area contributed by atoms with Crippen LogP contribution in [0.25, 0.3) is 0 Å². The normalized spacial score (nSPS) is 20.3. The van der Waals surface area contributed by atoms with Gasteiger partial charge in [-0.3, -0.25) is 14.5 Å². The van der Waals surface area contributed by atoms with Crippen LogP contribution in [-0.4, -0.2) is 115 Å². The number of nitrogens with one attached hydrogen (secondary N) is 1. The van der Waals surface area contributed by atoms with Crippen LogP contribution < -0.4 is 10.1 Å². The van der Waals surface area contributed by atoms with E-state index >= 15 is 0 Å². The van der Waals surface area contributed by atoms with Gasteiger partial charge in [-0.15, -0.1) is 0 Å². The maximum atomic E-state index is 14.3. The van der Waals surface area contributed by atoms with Gasteiger partial charge >= 0.3 is 5.97 Å². The van der Waals surface area contributed by atoms with E-state index in [9.17, 15) is 24.6 Å². The predicted molar refractivity (Wildman–Crippen MR) is 183 cm³/mol. The van der Waals surface area contributed by atoms with E-state index in [-0.39, 0.29) is 42.1 Å². The average molecular weight is 655 g/mol. The molecule has 11 nitrogen and oxygen atoms in total. The quantitative estimate of drug-likeness (QED) is 0.301. The number of rotatable bonds is 12. The minimum atomic E-state index is -0.955. The van der Waals surface area contributed by atoms with E-state index in [1.165, 1.54) is 0 Å². The lowest BCUT2D eigenvalue weighted by atomic mass is 10.0. The second-order valence-corrected chi connectivity index (χ2v) is 13.2. The second-order valence-electron chi connectivity index (χ2n) is 13.2. The van der Waals surface area contributed by atoms with Gasteiger partial charge in [0.1, 0.15) is 5.75 Å². The Bertz CT molecular complexity index is 1300. The molecule has 0 radical (unpaired) electrons. The van der Waals surface area contributed by atoms with Gasteiger partial charge in [0.2, 0.25) is 5.91 Å². The first kappa shape index (κ1) is 37.9. The molecule has 3 rings (SSSR count). The molecule has 11 heteroatoms. The van der Waals surface area contributed by atoms with Gasteiger partial charge < -0.3 is 34.8 Å². The summed E-state index contributed by atoms with van der Waals surface area (Å²) < 4.78 is 12.8. The number of benzene rings is 2. The maximum absolute atomic E-state index is 14.3. The molecule has 0 unspecified atom stereocenters. The highest BCUT2D eigenvalue weighted by Gasteiger charge is 2.30. The zero-order chi connectivity index (χ0) is 34.5. The van der Waals surface area contributed by atoms with Gasteiger partial charge in [-0.25, -0.2) is 4.79 Å². The molecule has 1 aliphatic rings. The van der Waals surface area contributed by atoms with Crippen molar-refractivity contribution in [2.45, 2.75) is 77.7 Å². The molecule has 1 heterocycles. The second kappa shape index (κ2) is 18.7. The van der Waals surface area contributed by atoms with E-state index in [0.29, 0.717) is 49.7 Å². The van der Waals surface area contributed by atoms with Crippen molar-refractivity contribution in [3.8, 4) is 5.75 Å². The first-order valence-corrected chi connectivity index (χ1v) is 16.7. The molecule has 3 N–H and O–H groups in total. The van der Waals surface area contributed by atoms with Gasteiger partial charge in [-0.2, -0.15) is 0 Å². The molecule has 0 bridgehead atoms. The third-order valence-corrected chi connectivity index (χ3v) is 8.49. The van der Waals surface area contributed by atoms with Crippen molar-refractivity contribution in [1.29, 1.82) is 0 Å². The maximum Gasteiger partial charge on any atom is 0.335 e. The fraction of sp³-hybridized carbons (Fsp3) is 0.583. The van der Waals surface area contributed by atoms with Crippen molar-refractivity contribution in [3.05, 3.63) is 59.2 Å². The molecule has 2 aromatic carbocycles. The number of carbonyl (C=O) groups excluding carboxylic acids is 2. The SMILES string of the molecule is C[C@H]1CCCCO[C@@H](CN(C)Cc2ccc(C(=O)O)cc2)[C@@H](C)CN([C@@H](C)CO)C(=O)c2cc(NC(=O)CCCN(C)C)ccc2O1. The highest BCUT2D eigenvalue weighted by Crippen LogP contribution is 2.29. The minimum Gasteiger partial charge on any atom is -0.490 e. The van der Waals surface area contributed by atoms with E-state index in [2.05, 4.69) is 17.1 Å². The zero-order valence-corrected chi connectivity index (χ0v) is 28.9. The molecule has 0 saturated heterocycles. The summed E-state index contributed by atoms with van der Waals surface area (Å²) in [5, 5.41) is 22.4. The first-order valence-electron chi connectivity index (χ1n) is 16.7. The molecule has 2 aromatic rings. The molecule has 0 spiro atoms. The summed E-state index contributed by atoms with van der Waals surface area (Å²) in [7, 11) is 5.93. The largest absolute Gasteiger partial charge is 0.490 e. The molecular weight excluding hydrogens is 600 g/mol. The Labute approximate surface area is 279 Å². The lowest BCUT2D eigenvalue weighted by Crippen LogP contribution is -2.47. The van der Waals surface area contributed by atoms with Crippen LogP contribution in [0.2, 0.25) is 0 Å². The number of fused-ring (bicyclic) bond motifs is 1. The smallest absolute Gasteiger partial charge is 0.335 e. The van der Waals surface area contributed by atoms with Crippen molar-refractivity contribution >= 4 is 23.5 Å². The first-order chi connectivity index (χ1) is 22.4. The van der Waals surface area contributed by atoms with Gasteiger partial charge in [0, 0.05) is 44.3 Å². The zero-order valence-electron chi connectivity index (χ0n) is 28.9. The van der Waals surface area contributed by atoms with Crippen LogP contribution in [0.1, 0.15) is 79.2 Å². The molecule has 0 saturated carbocycles. The van der Waals surface area contributed by atoms with Gasteiger partial charge in [-0.1, -0.05) is 19.1 Å². The Hall–Kier alpha value is -3.51. The number of amides is 2. The molecule has 47 heavy (non-hydrogen) atoms. The Kier molecular flexibility index (Phi) is 15.1. The van der Waals surface area contributed by atoms with Crippen LogP contribution in [-0.2, 0) is 16.1 Å². The van der Waals surface area contributed by atoms with Crippen LogP contribution in [0, 0.1) is 5.92 Å². The summed E-state index contributed by atoms with van der Waals surface area (Å²) >= 11 is 0. The molecule has 0 fully saturated rings. The highest BCUT2D eigenvalue weighted by atomic mass is 16.5. The lowest BCUT2D eigenvalue weighted by molar-refractivity contribution is -0.116. The van der Waals surface area contributed by atoms with Crippen molar-refractivity contribution in [1.82, 2.24) is 14.7 Å². The number of carbonyl (C=O) groups is 3. The molecule has 0 aromatic heterocycles. The van der Waals surface area contributed by atoms with Gasteiger partial charge in [0.05, 0.1) is 36.0 Å². The lowest BCUT2D eigenvalue weighted by Gasteiger charge is -2.36. The predicted octanol–water partition coefficient (Wildman–Crippen LogP) is 4.59. The van der Waals surface area contributed by atoms with E-state index in [1.807, 2.05) is 52.0 Å². The topological polar surface area (TPSA) is 132 Å². The number of carboxylic acid groups (broad SMARTS) is 1. The average Bonchev–Trinajstić information content (AvgIpc) is 3.02. The Morgan fingerprint density at radius 3 is 2.47 bits per heavy atom. The van der Waals surface area contributed by atoms with Crippen LogP contribution in [0.4, 0.5) is 5.69 Å². The number of aromatic carboxylic acids is 1. The summed E-state index contributed by atoms with van der Waals surface area (Å²) in [6.45, 7) is 8.54. The van der Waals surface area contributed by atoms with E-state index in [4.69, 9.17) is 9.47 Å². The van der Waals surface area contributed by atoms with Crippen LogP contribution >= 0.6 is 0 Å². The standard InChI is InChI=1S/C36H54N4O7/c1-25-21-40(26(2)24-41)35(43)31-20-30(37-34(42)11-9-18-38(4)5)16-17-32(31)47-27(3)10-7-8-19-46-33(25)23-39(6)22-28-12-14-29(15-13-28)36(44)45/h12-17,20,25-27,33,41H,7-11,18-19,21-24H2,1-6H3,(H,37,42)(H,44,45)/t25-,26-,27-,33-/m0/s1. The van der Waals surface area contributed by atoms with Crippen molar-refractivity contribution in [2.75, 3.05) is 59.3 Å². The van der Waals surface area contributed by atoms with Gasteiger partial charge in [-0.05, 0) is 103 Å². The number of nitrogens with zero attached hydrogens (tertiary/aromatic N) is 3. The van der Waals surface area contributed by atoms with E-state index in [0.717, 1.165) is 37.8 Å². The molecule has 260 valence electrons. The molecule has 2 amide bonds. The monoisotopic (exact) mass is 654 g/mol. The van der Waals surface area contributed by atoms with Crippen LogP contribution in [0.3, 0.4) is 0 Å². The Morgan fingerprint density at radius 1 is 1.09 bits per heavy atom. The summed E-state index contributed by atoms with van der Waals surface area (Å²) in [4.78, 5) is 44.1. The molecule has 0 aliphatic carbocycles. The number of aliphatic hydroxyl groups excluding tert-OH is 1. The highest BCUT2D eigenvalue weighted by molar-refractivity contribution is 5.99. The molecule has 1 aliphatic heterocycles. The van der Waals surface area contributed by atoms with Crippen LogP contribution in [0.5, 0.6) is 5.75 Å². The molecular formula is C36H54N4O7. The summed E-state index contributed by atoms with van der Waals surface area (Å²) in [5.41, 5.74) is 2.10. The van der Waals surface area contributed by atoms with Crippen LogP contribution in [0.15, 0.2) is 42.5 Å². The van der Waals surface area contributed by atoms with Gasteiger partial charge in [0.15, 0.2) is 0 Å². The number of carboxylic acids is 1. The number of hydrogen-bond acceptors (Lipinski definition) is 8. The number of aliphatic hydroxyl groups is 1. The summed E-state index contributed by atoms with van der Waals surface area (Å²) in [6.07, 6.45) is 3.27. The third-order valence-electron chi connectivity index (χ3n) is 8.49. The summed E-state index contributed by atoms with van der Waals surface area (Å²) in [6, 6.07) is 11.6. The molecule has 4 atom stereocenters. The number of anilines is 1. The third kappa shape index (κ3) is 12.2. The van der Waals surface area contributed by atoms with Crippen molar-refractivity contribution < 1.29 is 34.1 Å². The number of hydrogen-bond donors (Lipinski definition) is 3. The van der Waals surface area contributed by atoms with Crippen molar-refractivity contribution in [3.63, 3.8) is 0 Å². The van der Waals surface area contributed by atoms with Gasteiger partial charge in [0.25, 0.3) is 5.91 Å². The van der Waals surface area contributed by atoms with E-state index in [1.54, 1.807) is 35.2 Å². The Balaban J connectivity index is 1.85. The fourth-order valence-electron chi connectivity index (χ4n) is 5.68. The number of likely N-dealkylation sites (N-methyl/N-ethyl adjacent to an activating group) is 1. The Morgan fingerprint density at radius 2 is 1.81 bits per heavy atom.